The predicted molar refractivity (Wildman–Crippen MR) is 86.2 cm³/mol. The van der Waals surface area contributed by atoms with Gasteiger partial charge in [0.1, 0.15) is 0 Å². The lowest BCUT2D eigenvalue weighted by Gasteiger charge is -2.24. The van der Waals surface area contributed by atoms with Gasteiger partial charge in [0.15, 0.2) is 0 Å². The van der Waals surface area contributed by atoms with Crippen LogP contribution >= 0.6 is 12.4 Å². The average molecular weight is 329 g/mol. The first-order chi connectivity index (χ1) is 10.2. The fourth-order valence-electron chi connectivity index (χ4n) is 3.25. The second kappa shape index (κ2) is 7.94. The quantitative estimate of drug-likeness (QED) is 0.859. The highest BCUT2D eigenvalue weighted by Crippen LogP contribution is 2.27. The summed E-state index contributed by atoms with van der Waals surface area (Å²) in [6.07, 6.45) is 7.44. The molecule has 6 nitrogen and oxygen atoms in total. The van der Waals surface area contributed by atoms with Crippen LogP contribution in [0.25, 0.3) is 0 Å². The molecule has 0 spiro atoms. The Bertz CT molecular complexity index is 488. The van der Waals surface area contributed by atoms with E-state index >= 15 is 0 Å². The van der Waals surface area contributed by atoms with Crippen molar-refractivity contribution < 1.29 is 9.53 Å². The van der Waals surface area contributed by atoms with Gasteiger partial charge in [-0.05, 0) is 24.8 Å². The Kier molecular flexibility index (Phi) is 6.23. The molecule has 2 fully saturated rings. The van der Waals surface area contributed by atoms with Gasteiger partial charge in [0.05, 0.1) is 18.2 Å². The summed E-state index contributed by atoms with van der Waals surface area (Å²) in [6.45, 7) is 3.03. The van der Waals surface area contributed by atoms with Gasteiger partial charge >= 0.3 is 0 Å². The molecule has 7 heteroatoms. The molecule has 22 heavy (non-hydrogen) atoms. The molecule has 2 aliphatic heterocycles. The average Bonchev–Trinajstić information content (AvgIpc) is 3.14. The number of rotatable bonds is 4. The minimum atomic E-state index is -0.0159. The van der Waals surface area contributed by atoms with Crippen LogP contribution in [0.1, 0.15) is 30.7 Å². The third-order valence-electron chi connectivity index (χ3n) is 4.48. The van der Waals surface area contributed by atoms with E-state index in [1.807, 2.05) is 19.4 Å². The largest absolute Gasteiger partial charge is 0.376 e. The van der Waals surface area contributed by atoms with Gasteiger partial charge in [-0.2, -0.15) is 5.10 Å². The van der Waals surface area contributed by atoms with Crippen molar-refractivity contribution in [2.24, 2.45) is 13.0 Å². The van der Waals surface area contributed by atoms with Crippen LogP contribution in [0.4, 0.5) is 0 Å². The van der Waals surface area contributed by atoms with Crippen LogP contribution < -0.4 is 10.6 Å². The van der Waals surface area contributed by atoms with E-state index in [2.05, 4.69) is 15.7 Å². The zero-order valence-electron chi connectivity index (χ0n) is 13.0. The van der Waals surface area contributed by atoms with Crippen molar-refractivity contribution in [1.29, 1.82) is 0 Å². The van der Waals surface area contributed by atoms with Crippen molar-refractivity contribution in [3.05, 3.63) is 18.0 Å². The normalized spacial score (nSPS) is 28.1. The molecule has 3 rings (SSSR count). The van der Waals surface area contributed by atoms with E-state index in [1.54, 1.807) is 4.68 Å². The number of hydrogen-bond donors (Lipinski definition) is 2. The van der Waals surface area contributed by atoms with E-state index in [4.69, 9.17) is 4.74 Å². The monoisotopic (exact) mass is 328 g/mol. The predicted octanol–water partition coefficient (Wildman–Crippen LogP) is 0.830. The number of carbonyl (C=O) groups is 1. The van der Waals surface area contributed by atoms with Crippen LogP contribution in [0, 0.1) is 5.92 Å². The first kappa shape index (κ1) is 17.2. The molecule has 0 saturated carbocycles. The summed E-state index contributed by atoms with van der Waals surface area (Å²) in [4.78, 5) is 12.4. The van der Waals surface area contributed by atoms with E-state index in [9.17, 15) is 4.79 Å². The number of hydrogen-bond acceptors (Lipinski definition) is 4. The molecule has 1 aromatic rings. The lowest BCUT2D eigenvalue weighted by molar-refractivity contribution is -0.125. The first-order valence-electron chi connectivity index (χ1n) is 7.82. The minimum absolute atomic E-state index is 0. The van der Waals surface area contributed by atoms with Gasteiger partial charge in [-0.3, -0.25) is 9.48 Å². The fourth-order valence-corrected chi connectivity index (χ4v) is 3.25. The molecule has 2 aliphatic rings. The van der Waals surface area contributed by atoms with Crippen LogP contribution in [-0.2, 0) is 16.6 Å². The van der Waals surface area contributed by atoms with Gasteiger partial charge in [0.2, 0.25) is 5.91 Å². The van der Waals surface area contributed by atoms with E-state index in [0.29, 0.717) is 6.54 Å². The third kappa shape index (κ3) is 4.00. The van der Waals surface area contributed by atoms with E-state index in [1.165, 1.54) is 6.42 Å². The number of ether oxygens (including phenoxy) is 1. The minimum Gasteiger partial charge on any atom is -0.376 e. The molecule has 1 aromatic heterocycles. The maximum atomic E-state index is 12.4. The van der Waals surface area contributed by atoms with E-state index in [-0.39, 0.29) is 36.3 Å². The lowest BCUT2D eigenvalue weighted by atomic mass is 9.90. The summed E-state index contributed by atoms with van der Waals surface area (Å²) in [5.41, 5.74) is 1.14. The number of aryl methyl sites for hydroxylation is 1. The molecular formula is C15H25ClN4O2. The maximum absolute atomic E-state index is 12.4. The highest BCUT2D eigenvalue weighted by molar-refractivity contribution is 5.85. The van der Waals surface area contributed by atoms with Crippen LogP contribution in [0.2, 0.25) is 0 Å². The van der Waals surface area contributed by atoms with Crippen molar-refractivity contribution >= 4 is 18.3 Å². The Morgan fingerprint density at radius 3 is 3.05 bits per heavy atom. The third-order valence-corrected chi connectivity index (χ3v) is 4.48. The number of nitrogens with zero attached hydrogens (tertiary/aromatic N) is 2. The molecule has 0 radical (unpaired) electrons. The maximum Gasteiger partial charge on any atom is 0.225 e. The Hall–Kier alpha value is -1.11. The highest BCUT2D eigenvalue weighted by atomic mass is 35.5. The number of nitrogens with one attached hydrogen (secondary N) is 2. The smallest absolute Gasteiger partial charge is 0.225 e. The summed E-state index contributed by atoms with van der Waals surface area (Å²) < 4.78 is 7.45. The summed E-state index contributed by atoms with van der Waals surface area (Å²) >= 11 is 0. The number of aromatic nitrogens is 2. The summed E-state index contributed by atoms with van der Waals surface area (Å²) in [5.74, 6) is 0.326. The molecule has 1 amide bonds. The first-order valence-corrected chi connectivity index (χ1v) is 7.82. The molecule has 124 valence electrons. The zero-order chi connectivity index (χ0) is 14.7. The highest BCUT2D eigenvalue weighted by Gasteiger charge is 2.34. The molecular weight excluding hydrogens is 304 g/mol. The summed E-state index contributed by atoms with van der Waals surface area (Å²) in [7, 11) is 1.90. The molecule has 3 heterocycles. The molecule has 2 saturated heterocycles. The van der Waals surface area contributed by atoms with Crippen molar-refractivity contribution in [3.8, 4) is 0 Å². The lowest BCUT2D eigenvalue weighted by Crippen LogP contribution is -2.40. The summed E-state index contributed by atoms with van der Waals surface area (Å²) in [6, 6.07) is 0. The second-order valence-corrected chi connectivity index (χ2v) is 6.05. The van der Waals surface area contributed by atoms with Crippen LogP contribution in [0.15, 0.2) is 12.4 Å². The van der Waals surface area contributed by atoms with Crippen molar-refractivity contribution in [2.75, 3.05) is 26.2 Å². The van der Waals surface area contributed by atoms with Gasteiger partial charge in [-0.1, -0.05) is 0 Å². The Morgan fingerprint density at radius 1 is 1.50 bits per heavy atom. The van der Waals surface area contributed by atoms with Gasteiger partial charge in [0.25, 0.3) is 0 Å². The van der Waals surface area contributed by atoms with E-state index < -0.39 is 0 Å². The van der Waals surface area contributed by atoms with Crippen molar-refractivity contribution in [3.63, 3.8) is 0 Å². The number of halogens is 1. The molecule has 0 bridgehead atoms. The molecule has 0 aliphatic carbocycles. The van der Waals surface area contributed by atoms with Crippen LogP contribution in [0.3, 0.4) is 0 Å². The van der Waals surface area contributed by atoms with Gasteiger partial charge in [0, 0.05) is 45.4 Å². The van der Waals surface area contributed by atoms with Gasteiger partial charge in [-0.25, -0.2) is 0 Å². The fraction of sp³-hybridized carbons (Fsp3) is 0.733. The topological polar surface area (TPSA) is 68.2 Å². The van der Waals surface area contributed by atoms with Gasteiger partial charge < -0.3 is 15.4 Å². The second-order valence-electron chi connectivity index (χ2n) is 6.05. The van der Waals surface area contributed by atoms with E-state index in [0.717, 1.165) is 38.1 Å². The number of carbonyl (C=O) groups excluding carboxylic acids is 1. The Labute approximate surface area is 137 Å². The molecule has 1 unspecified atom stereocenters. The van der Waals surface area contributed by atoms with Gasteiger partial charge in [-0.15, -0.1) is 12.4 Å². The molecule has 2 N–H and O–H groups in total. The summed E-state index contributed by atoms with van der Waals surface area (Å²) in [5, 5.41) is 10.6. The van der Waals surface area contributed by atoms with Crippen LogP contribution in [-0.4, -0.2) is 48.0 Å². The standard InChI is InChI=1S/C15H24N4O2.ClH/c1-19-10-11(6-18-19)13-8-16-9-14(13)15(20)17-7-12-4-2-3-5-21-12;/h6,10,12-14,16H,2-5,7-9H2,1H3,(H,17,20);1H/t12?,13-,14+;/m1./s1. The number of amides is 1. The van der Waals surface area contributed by atoms with Crippen LogP contribution in [0.5, 0.6) is 0 Å². The molecule has 3 atom stereocenters. The Balaban J connectivity index is 0.00000176. The van der Waals surface area contributed by atoms with Crippen molar-refractivity contribution in [1.82, 2.24) is 20.4 Å². The molecule has 0 aromatic carbocycles. The zero-order valence-corrected chi connectivity index (χ0v) is 13.8. The van der Waals surface area contributed by atoms with Crippen molar-refractivity contribution in [2.45, 2.75) is 31.3 Å². The Morgan fingerprint density at radius 2 is 2.36 bits per heavy atom. The SMILES string of the molecule is Cl.Cn1cc([C@H]2CNC[C@@H]2C(=O)NCC2CCCCO2)cn1.